The van der Waals surface area contributed by atoms with Crippen LogP contribution in [-0.2, 0) is 29.7 Å². The number of carbonyl (C=O) groups excluding carboxylic acids is 1. The molecule has 4 rings (SSSR count). The summed E-state index contributed by atoms with van der Waals surface area (Å²) in [7, 11) is -2.22. The molecule has 1 N–H and O–H groups in total. The Bertz CT molecular complexity index is 1050. The van der Waals surface area contributed by atoms with Gasteiger partial charge in [-0.1, -0.05) is 30.3 Å². The number of nitrogens with zero attached hydrogens (tertiary/aromatic N) is 1. The lowest BCUT2D eigenvalue weighted by molar-refractivity contribution is -0.125. The van der Waals surface area contributed by atoms with Crippen molar-refractivity contribution in [2.75, 3.05) is 51.9 Å². The lowest BCUT2D eigenvalue weighted by atomic mass is 9.73. The first kappa shape index (κ1) is 22.7. The van der Waals surface area contributed by atoms with Crippen LogP contribution in [0, 0.1) is 0 Å². The van der Waals surface area contributed by atoms with Crippen molar-refractivity contribution in [2.24, 2.45) is 0 Å². The van der Waals surface area contributed by atoms with Gasteiger partial charge >= 0.3 is 0 Å². The van der Waals surface area contributed by atoms with Gasteiger partial charge in [-0.25, -0.2) is 8.42 Å². The maximum absolute atomic E-state index is 13.6. The van der Waals surface area contributed by atoms with Gasteiger partial charge in [0, 0.05) is 26.3 Å². The molecule has 2 aromatic rings. The van der Waals surface area contributed by atoms with Crippen LogP contribution in [0.1, 0.15) is 18.4 Å². The number of morpholine rings is 1. The topological polar surface area (TPSA) is 94.2 Å². The summed E-state index contributed by atoms with van der Waals surface area (Å²) in [6, 6.07) is 14.2. The second-order valence-corrected chi connectivity index (χ2v) is 9.83. The van der Waals surface area contributed by atoms with E-state index in [4.69, 9.17) is 14.2 Å². The number of carbonyl (C=O) groups is 1. The van der Waals surface area contributed by atoms with E-state index in [1.54, 1.807) is 6.07 Å². The van der Waals surface area contributed by atoms with Crippen LogP contribution in [0.4, 0.5) is 5.69 Å². The summed E-state index contributed by atoms with van der Waals surface area (Å²) in [6.45, 7) is 2.28. The van der Waals surface area contributed by atoms with Crippen LogP contribution in [0.25, 0.3) is 0 Å². The fourth-order valence-electron chi connectivity index (χ4n) is 4.25. The van der Waals surface area contributed by atoms with Gasteiger partial charge < -0.3 is 19.5 Å². The maximum atomic E-state index is 13.6. The van der Waals surface area contributed by atoms with Crippen LogP contribution in [0.3, 0.4) is 0 Å². The Morgan fingerprint density at radius 1 is 1.00 bits per heavy atom. The minimum Gasteiger partial charge on any atom is -0.495 e. The van der Waals surface area contributed by atoms with Crippen molar-refractivity contribution in [3.63, 3.8) is 0 Å². The lowest BCUT2D eigenvalue weighted by Gasteiger charge is -2.36. The summed E-state index contributed by atoms with van der Waals surface area (Å²) < 4.78 is 43.8. The lowest BCUT2D eigenvalue weighted by Crippen LogP contribution is -2.45. The highest BCUT2D eigenvalue weighted by Gasteiger charge is 2.42. The van der Waals surface area contributed by atoms with E-state index < -0.39 is 15.4 Å². The molecule has 0 radical (unpaired) electrons. The molecule has 2 aliphatic heterocycles. The molecule has 2 fully saturated rings. The molecular weight excluding hydrogens is 432 g/mol. The fourth-order valence-corrected chi connectivity index (χ4v) is 5.68. The van der Waals surface area contributed by atoms with Gasteiger partial charge in [0.25, 0.3) is 0 Å². The van der Waals surface area contributed by atoms with Crippen molar-refractivity contribution in [2.45, 2.75) is 23.2 Å². The van der Waals surface area contributed by atoms with Gasteiger partial charge in [0.05, 0.1) is 36.3 Å². The minimum atomic E-state index is -3.71. The highest BCUT2D eigenvalue weighted by molar-refractivity contribution is 7.89. The molecular formula is C23H28N2O6S. The zero-order chi connectivity index (χ0) is 22.6. The van der Waals surface area contributed by atoms with E-state index in [0.29, 0.717) is 63.8 Å². The van der Waals surface area contributed by atoms with Crippen molar-refractivity contribution >= 4 is 21.6 Å². The quantitative estimate of drug-likeness (QED) is 0.712. The van der Waals surface area contributed by atoms with Crippen LogP contribution in [0.5, 0.6) is 5.75 Å². The molecule has 2 heterocycles. The van der Waals surface area contributed by atoms with Gasteiger partial charge in [-0.3, -0.25) is 4.79 Å². The van der Waals surface area contributed by atoms with Crippen molar-refractivity contribution < 1.29 is 27.4 Å². The van der Waals surface area contributed by atoms with E-state index in [1.807, 2.05) is 30.3 Å². The number of rotatable bonds is 6. The van der Waals surface area contributed by atoms with Crippen molar-refractivity contribution in [3.05, 3.63) is 54.1 Å². The first-order valence-electron chi connectivity index (χ1n) is 10.7. The van der Waals surface area contributed by atoms with E-state index in [9.17, 15) is 13.2 Å². The van der Waals surface area contributed by atoms with Crippen molar-refractivity contribution in [3.8, 4) is 5.75 Å². The maximum Gasteiger partial charge on any atom is 0.243 e. The Morgan fingerprint density at radius 2 is 1.66 bits per heavy atom. The third-order valence-corrected chi connectivity index (χ3v) is 8.03. The molecule has 0 aliphatic carbocycles. The second kappa shape index (κ2) is 9.58. The molecule has 0 spiro atoms. The number of anilines is 1. The molecule has 0 atom stereocenters. The number of methoxy groups -OCH3 is 1. The summed E-state index contributed by atoms with van der Waals surface area (Å²) in [5, 5.41) is 2.96. The van der Waals surface area contributed by atoms with Crippen LogP contribution in [-0.4, -0.2) is 65.3 Å². The van der Waals surface area contributed by atoms with Crippen LogP contribution >= 0.6 is 0 Å². The average molecular weight is 461 g/mol. The molecule has 172 valence electrons. The summed E-state index contributed by atoms with van der Waals surface area (Å²) in [4.78, 5) is 13.7. The molecule has 2 aromatic carbocycles. The third kappa shape index (κ3) is 4.38. The normalized spacial score (nSPS) is 19.3. The molecule has 1 amide bonds. The molecule has 9 heteroatoms. The number of ether oxygens (including phenoxy) is 3. The summed E-state index contributed by atoms with van der Waals surface area (Å²) in [5.74, 6) is 0.195. The molecule has 32 heavy (non-hydrogen) atoms. The van der Waals surface area contributed by atoms with E-state index in [0.717, 1.165) is 5.56 Å². The number of nitrogens with one attached hydrogen (secondary N) is 1. The Balaban J connectivity index is 1.66. The number of hydrogen-bond donors (Lipinski definition) is 1. The van der Waals surface area contributed by atoms with E-state index in [1.165, 1.54) is 23.5 Å². The Kier molecular flexibility index (Phi) is 6.80. The Labute approximate surface area is 188 Å². The average Bonchev–Trinajstić information content (AvgIpc) is 2.85. The van der Waals surface area contributed by atoms with Gasteiger partial charge in [-0.05, 0) is 36.6 Å². The molecule has 0 saturated carbocycles. The summed E-state index contributed by atoms with van der Waals surface area (Å²) in [5.41, 5.74) is 0.481. The van der Waals surface area contributed by atoms with Crippen LogP contribution < -0.4 is 10.1 Å². The molecule has 8 nitrogen and oxygen atoms in total. The van der Waals surface area contributed by atoms with Crippen molar-refractivity contribution in [1.82, 2.24) is 4.31 Å². The molecule has 0 aromatic heterocycles. The highest BCUT2D eigenvalue weighted by Crippen LogP contribution is 2.38. The SMILES string of the molecule is COc1ccc(S(=O)(=O)N2CCOCC2)cc1NC(=O)C1(c2ccccc2)CCOCC1. The monoisotopic (exact) mass is 460 g/mol. The minimum absolute atomic E-state index is 0.108. The number of benzene rings is 2. The van der Waals surface area contributed by atoms with Gasteiger partial charge in [-0.15, -0.1) is 0 Å². The third-order valence-electron chi connectivity index (χ3n) is 6.13. The molecule has 2 aliphatic rings. The van der Waals surface area contributed by atoms with Crippen LogP contribution in [0.15, 0.2) is 53.4 Å². The Hall–Kier alpha value is -2.46. The molecule has 0 unspecified atom stereocenters. The summed E-state index contributed by atoms with van der Waals surface area (Å²) in [6.07, 6.45) is 1.08. The van der Waals surface area contributed by atoms with Crippen molar-refractivity contribution in [1.29, 1.82) is 0 Å². The highest BCUT2D eigenvalue weighted by atomic mass is 32.2. The predicted octanol–water partition coefficient (Wildman–Crippen LogP) is 2.40. The van der Waals surface area contributed by atoms with Gasteiger partial charge in [0.2, 0.25) is 15.9 Å². The molecule has 0 bridgehead atoms. The zero-order valence-corrected chi connectivity index (χ0v) is 18.9. The smallest absolute Gasteiger partial charge is 0.243 e. The predicted molar refractivity (Wildman–Crippen MR) is 119 cm³/mol. The Morgan fingerprint density at radius 3 is 2.31 bits per heavy atom. The van der Waals surface area contributed by atoms with E-state index in [2.05, 4.69) is 5.32 Å². The van der Waals surface area contributed by atoms with Gasteiger partial charge in [0.15, 0.2) is 0 Å². The summed E-state index contributed by atoms with van der Waals surface area (Å²) >= 11 is 0. The number of sulfonamides is 1. The second-order valence-electron chi connectivity index (χ2n) is 7.89. The van der Waals surface area contributed by atoms with Crippen LogP contribution in [0.2, 0.25) is 0 Å². The first-order valence-corrected chi connectivity index (χ1v) is 12.1. The number of amides is 1. The van der Waals surface area contributed by atoms with E-state index >= 15 is 0 Å². The van der Waals surface area contributed by atoms with Gasteiger partial charge in [-0.2, -0.15) is 4.31 Å². The zero-order valence-electron chi connectivity index (χ0n) is 18.1. The van der Waals surface area contributed by atoms with Gasteiger partial charge in [0.1, 0.15) is 5.75 Å². The number of hydrogen-bond acceptors (Lipinski definition) is 6. The largest absolute Gasteiger partial charge is 0.495 e. The standard InChI is InChI=1S/C23H28N2O6S/c1-29-21-8-7-19(32(27,28)25-11-15-31-16-12-25)17-20(21)24-22(26)23(9-13-30-14-10-23)18-5-3-2-4-6-18/h2-8,17H,9-16H2,1H3,(H,24,26). The fraction of sp³-hybridized carbons (Fsp3) is 0.435. The van der Waals surface area contributed by atoms with E-state index in [-0.39, 0.29) is 10.8 Å². The molecule has 2 saturated heterocycles. The first-order chi connectivity index (χ1) is 15.5.